The van der Waals surface area contributed by atoms with Crippen molar-refractivity contribution >= 4 is 17.5 Å². The molecule has 2 aliphatic rings. The van der Waals surface area contributed by atoms with E-state index in [1.54, 1.807) is 26.2 Å². The number of amides is 2. The maximum absolute atomic E-state index is 13.0. The van der Waals surface area contributed by atoms with Crippen LogP contribution in [0.4, 0.5) is 5.69 Å². The van der Waals surface area contributed by atoms with E-state index < -0.39 is 0 Å². The van der Waals surface area contributed by atoms with Crippen LogP contribution >= 0.6 is 0 Å². The number of rotatable bonds is 5. The van der Waals surface area contributed by atoms with Crippen molar-refractivity contribution in [2.45, 2.75) is 25.7 Å². The Labute approximate surface area is 148 Å². The lowest BCUT2D eigenvalue weighted by Crippen LogP contribution is -2.44. The van der Waals surface area contributed by atoms with Crippen LogP contribution in [0.5, 0.6) is 5.75 Å². The van der Waals surface area contributed by atoms with Crippen LogP contribution in [-0.4, -0.2) is 50.5 Å². The Balaban J connectivity index is 1.65. The molecule has 6 heteroatoms. The van der Waals surface area contributed by atoms with Crippen molar-refractivity contribution in [1.29, 1.82) is 0 Å². The number of benzene rings is 1. The van der Waals surface area contributed by atoms with Crippen molar-refractivity contribution in [3.8, 4) is 5.75 Å². The summed E-state index contributed by atoms with van der Waals surface area (Å²) in [6, 6.07) is 7.25. The van der Waals surface area contributed by atoms with Gasteiger partial charge in [0.05, 0.1) is 5.41 Å². The Morgan fingerprint density at radius 1 is 1.36 bits per heavy atom. The van der Waals surface area contributed by atoms with Crippen LogP contribution in [0.2, 0.25) is 0 Å². The summed E-state index contributed by atoms with van der Waals surface area (Å²) in [5, 5.41) is 6.47. The zero-order chi connectivity index (χ0) is 17.9. The van der Waals surface area contributed by atoms with Gasteiger partial charge in [-0.05, 0) is 37.4 Å². The predicted molar refractivity (Wildman–Crippen MR) is 96.5 cm³/mol. The van der Waals surface area contributed by atoms with Crippen molar-refractivity contribution < 1.29 is 14.3 Å². The van der Waals surface area contributed by atoms with E-state index in [4.69, 9.17) is 4.74 Å². The van der Waals surface area contributed by atoms with Crippen molar-refractivity contribution in [2.75, 3.05) is 39.1 Å². The number of nitrogens with one attached hydrogen (secondary N) is 2. The monoisotopic (exact) mass is 345 g/mol. The zero-order valence-electron chi connectivity index (χ0n) is 15.0. The van der Waals surface area contributed by atoms with E-state index in [0.29, 0.717) is 17.4 Å². The lowest BCUT2D eigenvalue weighted by Gasteiger charge is -2.37. The third-order valence-corrected chi connectivity index (χ3v) is 5.44. The van der Waals surface area contributed by atoms with Crippen LogP contribution in [0.3, 0.4) is 0 Å². The third kappa shape index (κ3) is 3.79. The molecule has 6 nitrogen and oxygen atoms in total. The summed E-state index contributed by atoms with van der Waals surface area (Å²) in [7, 11) is 3.38. The van der Waals surface area contributed by atoms with E-state index in [0.717, 1.165) is 32.4 Å². The molecule has 2 atom stereocenters. The molecule has 136 valence electrons. The van der Waals surface area contributed by atoms with Gasteiger partial charge in [-0.15, -0.1) is 0 Å². The molecule has 1 aliphatic carbocycles. The summed E-state index contributed by atoms with van der Waals surface area (Å²) in [4.78, 5) is 26.1. The number of nitrogens with zero attached hydrogens (tertiary/aromatic N) is 1. The average molecular weight is 345 g/mol. The van der Waals surface area contributed by atoms with E-state index in [-0.39, 0.29) is 23.8 Å². The fourth-order valence-electron chi connectivity index (χ4n) is 3.88. The molecule has 1 aliphatic heterocycles. The van der Waals surface area contributed by atoms with Gasteiger partial charge in [0.1, 0.15) is 5.75 Å². The number of fused-ring (bicyclic) bond motifs is 1. The molecule has 1 saturated heterocycles. The summed E-state index contributed by atoms with van der Waals surface area (Å²) in [5.74, 6) is 1.01. The minimum atomic E-state index is -0.282. The van der Waals surface area contributed by atoms with E-state index in [1.165, 1.54) is 11.3 Å². The summed E-state index contributed by atoms with van der Waals surface area (Å²) in [6.45, 7) is 1.68. The minimum absolute atomic E-state index is 0.0136. The molecule has 0 aromatic heterocycles. The number of carbonyl (C=O) groups is 2. The van der Waals surface area contributed by atoms with Crippen LogP contribution in [0.1, 0.15) is 25.7 Å². The molecule has 1 aromatic carbocycles. The molecule has 0 unspecified atom stereocenters. The molecule has 0 spiro atoms. The Kier molecular flexibility index (Phi) is 5.27. The van der Waals surface area contributed by atoms with Gasteiger partial charge in [0, 0.05) is 32.4 Å². The molecule has 3 rings (SSSR count). The van der Waals surface area contributed by atoms with Crippen LogP contribution in [0.25, 0.3) is 0 Å². The standard InChI is InChI=1S/C19H27N3O3/c1-22(2)17(23)12-25-16-8-5-7-15(10-16)21-18(24)19-9-4-3-6-14(19)11-20-13-19/h5,7-8,10,14,20H,3-4,6,9,11-13H2,1-2H3,(H,21,24)/t14-,19+/m0/s1. The third-order valence-electron chi connectivity index (χ3n) is 5.44. The van der Waals surface area contributed by atoms with Crippen molar-refractivity contribution in [1.82, 2.24) is 10.2 Å². The van der Waals surface area contributed by atoms with Gasteiger partial charge >= 0.3 is 0 Å². The zero-order valence-corrected chi connectivity index (χ0v) is 15.0. The average Bonchev–Trinajstić information content (AvgIpc) is 3.05. The lowest BCUT2D eigenvalue weighted by molar-refractivity contribution is -0.131. The fraction of sp³-hybridized carbons (Fsp3) is 0.579. The molecule has 1 heterocycles. The number of hydrogen-bond donors (Lipinski definition) is 2. The van der Waals surface area contributed by atoms with Crippen LogP contribution in [0.15, 0.2) is 24.3 Å². The van der Waals surface area contributed by atoms with E-state index in [9.17, 15) is 9.59 Å². The summed E-state index contributed by atoms with van der Waals surface area (Å²) in [6.07, 6.45) is 4.40. The Morgan fingerprint density at radius 2 is 2.20 bits per heavy atom. The smallest absolute Gasteiger partial charge is 0.259 e. The Bertz CT molecular complexity index is 647. The van der Waals surface area contributed by atoms with Crippen molar-refractivity contribution in [2.24, 2.45) is 11.3 Å². The van der Waals surface area contributed by atoms with Crippen LogP contribution in [0, 0.1) is 11.3 Å². The van der Waals surface area contributed by atoms with Crippen molar-refractivity contribution in [3.63, 3.8) is 0 Å². The van der Waals surface area contributed by atoms with Gasteiger partial charge in [-0.25, -0.2) is 0 Å². The van der Waals surface area contributed by atoms with Gasteiger partial charge < -0.3 is 20.3 Å². The second-order valence-corrected chi connectivity index (χ2v) is 7.29. The van der Waals surface area contributed by atoms with E-state index >= 15 is 0 Å². The SMILES string of the molecule is CN(C)C(=O)COc1cccc(NC(=O)[C@@]23CCCC[C@H]2CNC3)c1. The normalized spacial score (nSPS) is 25.1. The first-order chi connectivity index (χ1) is 12.0. The maximum atomic E-state index is 13.0. The second-order valence-electron chi connectivity index (χ2n) is 7.29. The molecule has 0 radical (unpaired) electrons. The second kappa shape index (κ2) is 7.44. The number of ether oxygens (including phenoxy) is 1. The lowest BCUT2D eigenvalue weighted by atomic mass is 9.67. The van der Waals surface area contributed by atoms with E-state index in [1.807, 2.05) is 12.1 Å². The van der Waals surface area contributed by atoms with Gasteiger partial charge in [-0.1, -0.05) is 18.9 Å². The highest BCUT2D eigenvalue weighted by Gasteiger charge is 2.49. The largest absolute Gasteiger partial charge is 0.484 e. The number of likely N-dealkylation sites (N-methyl/N-ethyl adjacent to an activating group) is 1. The minimum Gasteiger partial charge on any atom is -0.484 e. The highest BCUT2D eigenvalue weighted by atomic mass is 16.5. The van der Waals surface area contributed by atoms with Gasteiger partial charge in [-0.3, -0.25) is 9.59 Å². The molecule has 25 heavy (non-hydrogen) atoms. The first-order valence-corrected chi connectivity index (χ1v) is 8.96. The molecule has 0 bridgehead atoms. The first kappa shape index (κ1) is 17.7. The van der Waals surface area contributed by atoms with Gasteiger partial charge in [0.15, 0.2) is 6.61 Å². The van der Waals surface area contributed by atoms with Gasteiger partial charge in [-0.2, -0.15) is 0 Å². The summed E-state index contributed by atoms with van der Waals surface area (Å²) >= 11 is 0. The molecule has 1 saturated carbocycles. The van der Waals surface area contributed by atoms with Gasteiger partial charge in [0.2, 0.25) is 5.91 Å². The van der Waals surface area contributed by atoms with Crippen molar-refractivity contribution in [3.05, 3.63) is 24.3 Å². The number of carbonyl (C=O) groups excluding carboxylic acids is 2. The van der Waals surface area contributed by atoms with Crippen LogP contribution in [-0.2, 0) is 9.59 Å². The van der Waals surface area contributed by atoms with Crippen LogP contribution < -0.4 is 15.4 Å². The summed E-state index contributed by atoms with van der Waals surface area (Å²) < 4.78 is 5.53. The maximum Gasteiger partial charge on any atom is 0.259 e. The highest BCUT2D eigenvalue weighted by molar-refractivity contribution is 5.96. The predicted octanol–water partition coefficient (Wildman–Crippen LogP) is 1.87. The van der Waals surface area contributed by atoms with E-state index in [2.05, 4.69) is 10.6 Å². The first-order valence-electron chi connectivity index (χ1n) is 8.96. The molecular formula is C19H27N3O3. The quantitative estimate of drug-likeness (QED) is 0.855. The molecule has 2 fully saturated rings. The number of hydrogen-bond acceptors (Lipinski definition) is 4. The molecule has 2 N–H and O–H groups in total. The molecule has 1 aromatic rings. The topological polar surface area (TPSA) is 70.7 Å². The fourth-order valence-corrected chi connectivity index (χ4v) is 3.88. The Morgan fingerprint density at radius 3 is 3.00 bits per heavy atom. The Hall–Kier alpha value is -2.08. The molecular weight excluding hydrogens is 318 g/mol. The highest BCUT2D eigenvalue weighted by Crippen LogP contribution is 2.44. The number of anilines is 1. The molecule has 2 amide bonds. The van der Waals surface area contributed by atoms with Gasteiger partial charge in [0.25, 0.3) is 5.91 Å². The summed E-state index contributed by atoms with van der Waals surface area (Å²) in [5.41, 5.74) is 0.432.